The lowest BCUT2D eigenvalue weighted by Crippen LogP contribution is -2.09. The first-order valence-corrected chi connectivity index (χ1v) is 4.11. The van der Waals surface area contributed by atoms with E-state index in [0.29, 0.717) is 23.5 Å². The van der Waals surface area contributed by atoms with Crippen molar-refractivity contribution in [2.24, 2.45) is 0 Å². The summed E-state index contributed by atoms with van der Waals surface area (Å²) in [6, 6.07) is 0. The Morgan fingerprint density at radius 2 is 2.29 bits per heavy atom. The van der Waals surface area contributed by atoms with Gasteiger partial charge in [-0.2, -0.15) is 0 Å². The minimum Gasteiger partial charge on any atom is -0.395 e. The Labute approximate surface area is 79.6 Å². The Bertz CT molecular complexity index is 439. The Balaban J connectivity index is 2.44. The number of nitrogens with zero attached hydrogens (tertiary/aromatic N) is 4. The molecule has 0 spiro atoms. The van der Waals surface area contributed by atoms with E-state index in [0.717, 1.165) is 0 Å². The molecule has 0 aliphatic heterocycles. The second kappa shape index (κ2) is 3.46. The summed E-state index contributed by atoms with van der Waals surface area (Å²) in [5, 5.41) is 11.6. The first-order chi connectivity index (χ1) is 6.83. The fourth-order valence-electron chi connectivity index (χ4n) is 1.16. The molecule has 0 atom stereocenters. The highest BCUT2D eigenvalue weighted by molar-refractivity contribution is 5.82. The molecule has 7 nitrogen and oxygen atoms in total. The molecule has 0 radical (unpaired) electrons. The van der Waals surface area contributed by atoms with Crippen LogP contribution in [0.2, 0.25) is 0 Å². The fraction of sp³-hybridized carbons (Fsp3) is 0.286. The van der Waals surface area contributed by atoms with Crippen LogP contribution in [0.3, 0.4) is 0 Å². The number of nitrogens with one attached hydrogen (secondary N) is 1. The van der Waals surface area contributed by atoms with Gasteiger partial charge in [0.05, 0.1) is 6.61 Å². The van der Waals surface area contributed by atoms with Crippen LogP contribution in [0, 0.1) is 0 Å². The monoisotopic (exact) mass is 194 g/mol. The van der Waals surface area contributed by atoms with E-state index in [1.807, 2.05) is 0 Å². The molecule has 0 amide bonds. The standard InChI is InChI=1S/C7H10N6O/c8-13-4-12-5-6(9-1-2-14)10-3-11-7(5)13/h3-4,14H,1-2,8H2,(H,9,10,11). The summed E-state index contributed by atoms with van der Waals surface area (Å²) in [5.74, 6) is 6.14. The van der Waals surface area contributed by atoms with Gasteiger partial charge >= 0.3 is 0 Å². The van der Waals surface area contributed by atoms with Crippen LogP contribution in [0.25, 0.3) is 11.2 Å². The van der Waals surface area contributed by atoms with Gasteiger partial charge in [-0.15, -0.1) is 0 Å². The lowest BCUT2D eigenvalue weighted by Gasteiger charge is -2.02. The van der Waals surface area contributed by atoms with E-state index in [4.69, 9.17) is 10.9 Å². The first kappa shape index (κ1) is 8.70. The largest absolute Gasteiger partial charge is 0.395 e. The zero-order valence-corrected chi connectivity index (χ0v) is 7.38. The molecule has 74 valence electrons. The number of fused-ring (bicyclic) bond motifs is 1. The Morgan fingerprint density at radius 1 is 1.43 bits per heavy atom. The van der Waals surface area contributed by atoms with Crippen LogP contribution in [-0.4, -0.2) is 37.9 Å². The fourth-order valence-corrected chi connectivity index (χ4v) is 1.16. The maximum Gasteiger partial charge on any atom is 0.183 e. The van der Waals surface area contributed by atoms with Gasteiger partial charge in [0, 0.05) is 6.54 Å². The molecule has 2 aromatic heterocycles. The zero-order valence-electron chi connectivity index (χ0n) is 7.38. The Kier molecular flexibility index (Phi) is 2.15. The van der Waals surface area contributed by atoms with E-state index < -0.39 is 0 Å². The predicted octanol–water partition coefficient (Wildman–Crippen LogP) is -1.06. The second-order valence-electron chi connectivity index (χ2n) is 2.70. The van der Waals surface area contributed by atoms with Crippen molar-refractivity contribution >= 4 is 17.0 Å². The molecule has 4 N–H and O–H groups in total. The number of anilines is 1. The highest BCUT2D eigenvalue weighted by atomic mass is 16.3. The van der Waals surface area contributed by atoms with Gasteiger partial charge < -0.3 is 16.3 Å². The van der Waals surface area contributed by atoms with E-state index in [1.165, 1.54) is 17.3 Å². The third-order valence-electron chi connectivity index (χ3n) is 1.76. The van der Waals surface area contributed by atoms with E-state index >= 15 is 0 Å². The maximum atomic E-state index is 8.65. The third-order valence-corrected chi connectivity index (χ3v) is 1.76. The number of rotatable bonds is 3. The van der Waals surface area contributed by atoms with Crippen molar-refractivity contribution in [3.63, 3.8) is 0 Å². The summed E-state index contributed by atoms with van der Waals surface area (Å²) in [6.07, 6.45) is 2.86. The molecule has 0 bridgehead atoms. The molecule has 14 heavy (non-hydrogen) atoms. The van der Waals surface area contributed by atoms with Crippen LogP contribution in [0.15, 0.2) is 12.7 Å². The number of aliphatic hydroxyl groups is 1. The summed E-state index contributed by atoms with van der Waals surface area (Å²) in [4.78, 5) is 12.0. The predicted molar refractivity (Wildman–Crippen MR) is 51.0 cm³/mol. The summed E-state index contributed by atoms with van der Waals surface area (Å²) < 4.78 is 1.32. The number of hydrogen-bond donors (Lipinski definition) is 3. The summed E-state index contributed by atoms with van der Waals surface area (Å²) in [7, 11) is 0. The molecular formula is C7H10N6O. The molecular weight excluding hydrogens is 184 g/mol. The van der Waals surface area contributed by atoms with E-state index in [1.54, 1.807) is 0 Å². The van der Waals surface area contributed by atoms with Crippen molar-refractivity contribution in [2.75, 3.05) is 24.3 Å². The van der Waals surface area contributed by atoms with Crippen molar-refractivity contribution in [2.45, 2.75) is 0 Å². The molecule has 0 aliphatic rings. The highest BCUT2D eigenvalue weighted by Crippen LogP contribution is 2.14. The quantitative estimate of drug-likeness (QED) is 0.538. The average molecular weight is 194 g/mol. The van der Waals surface area contributed by atoms with Crippen LogP contribution < -0.4 is 11.2 Å². The summed E-state index contributed by atoms with van der Waals surface area (Å²) >= 11 is 0. The summed E-state index contributed by atoms with van der Waals surface area (Å²) in [6.45, 7) is 0.457. The minimum atomic E-state index is 0.0365. The number of aromatic nitrogens is 4. The molecule has 7 heteroatoms. The van der Waals surface area contributed by atoms with E-state index in [9.17, 15) is 0 Å². The Hall–Kier alpha value is -1.89. The van der Waals surface area contributed by atoms with Gasteiger partial charge in [-0.3, -0.25) is 0 Å². The van der Waals surface area contributed by atoms with Crippen LogP contribution in [0.5, 0.6) is 0 Å². The van der Waals surface area contributed by atoms with Crippen molar-refractivity contribution in [3.05, 3.63) is 12.7 Å². The third kappa shape index (κ3) is 1.33. The van der Waals surface area contributed by atoms with Gasteiger partial charge in [0.15, 0.2) is 17.0 Å². The van der Waals surface area contributed by atoms with Gasteiger partial charge in [0.25, 0.3) is 0 Å². The number of nitrogen functional groups attached to an aromatic ring is 1. The second-order valence-corrected chi connectivity index (χ2v) is 2.70. The van der Waals surface area contributed by atoms with E-state index in [2.05, 4.69) is 20.3 Å². The van der Waals surface area contributed by atoms with Crippen molar-refractivity contribution in [1.29, 1.82) is 0 Å². The molecule has 2 rings (SSSR count). The number of imidazole rings is 1. The van der Waals surface area contributed by atoms with Gasteiger partial charge in [-0.1, -0.05) is 0 Å². The average Bonchev–Trinajstić information content (AvgIpc) is 2.58. The normalized spacial score (nSPS) is 10.6. The molecule has 0 unspecified atom stereocenters. The number of nitrogens with two attached hydrogens (primary N) is 1. The number of hydrogen-bond acceptors (Lipinski definition) is 6. The maximum absolute atomic E-state index is 8.65. The van der Waals surface area contributed by atoms with Crippen molar-refractivity contribution < 1.29 is 5.11 Å². The van der Waals surface area contributed by atoms with Crippen LogP contribution in [-0.2, 0) is 0 Å². The first-order valence-electron chi connectivity index (χ1n) is 4.11. The van der Waals surface area contributed by atoms with Gasteiger partial charge in [0.2, 0.25) is 0 Å². The van der Waals surface area contributed by atoms with E-state index in [-0.39, 0.29) is 6.61 Å². The molecule has 0 fully saturated rings. The molecule has 0 aromatic carbocycles. The SMILES string of the molecule is Nn1cnc2c(NCCO)ncnc21. The minimum absolute atomic E-state index is 0.0365. The van der Waals surface area contributed by atoms with Crippen molar-refractivity contribution in [3.8, 4) is 0 Å². The van der Waals surface area contributed by atoms with Gasteiger partial charge in [0.1, 0.15) is 12.7 Å². The van der Waals surface area contributed by atoms with Crippen LogP contribution in [0.1, 0.15) is 0 Å². The number of aliphatic hydroxyl groups excluding tert-OH is 1. The Morgan fingerprint density at radius 3 is 3.07 bits per heavy atom. The molecule has 0 aliphatic carbocycles. The van der Waals surface area contributed by atoms with Crippen LogP contribution >= 0.6 is 0 Å². The van der Waals surface area contributed by atoms with Gasteiger partial charge in [-0.25, -0.2) is 19.6 Å². The smallest absolute Gasteiger partial charge is 0.183 e. The lowest BCUT2D eigenvalue weighted by molar-refractivity contribution is 0.311. The lowest BCUT2D eigenvalue weighted by atomic mass is 10.5. The van der Waals surface area contributed by atoms with Crippen LogP contribution in [0.4, 0.5) is 5.82 Å². The molecule has 2 heterocycles. The highest BCUT2D eigenvalue weighted by Gasteiger charge is 2.07. The zero-order chi connectivity index (χ0) is 9.97. The summed E-state index contributed by atoms with van der Waals surface area (Å²) in [5.41, 5.74) is 1.16. The molecule has 0 saturated carbocycles. The molecule has 0 saturated heterocycles. The van der Waals surface area contributed by atoms with Crippen molar-refractivity contribution in [1.82, 2.24) is 19.6 Å². The topological polar surface area (TPSA) is 102 Å². The van der Waals surface area contributed by atoms with Gasteiger partial charge in [-0.05, 0) is 0 Å². The molecule has 2 aromatic rings.